The minimum absolute atomic E-state index is 0.357. The molecule has 3 heterocycles. The van der Waals surface area contributed by atoms with Crippen LogP contribution in [0.1, 0.15) is 53.2 Å². The second-order valence-corrected chi connectivity index (χ2v) is 7.36. The average molecular weight is 301 g/mol. The lowest BCUT2D eigenvalue weighted by atomic mass is 9.84. The summed E-state index contributed by atoms with van der Waals surface area (Å²) in [6.45, 7) is 12.5. The van der Waals surface area contributed by atoms with Crippen LogP contribution in [0.25, 0.3) is 11.0 Å². The second kappa shape index (κ2) is 4.80. The van der Waals surface area contributed by atoms with Crippen LogP contribution in [-0.4, -0.2) is 33.1 Å². The average Bonchev–Trinajstić information content (AvgIpc) is 2.81. The van der Waals surface area contributed by atoms with Gasteiger partial charge in [-0.25, -0.2) is 0 Å². The topological polar surface area (TPSA) is 49.2 Å². The largest absolute Gasteiger partial charge is 0.514 e. The molecule has 1 saturated heterocycles. The molecule has 1 aliphatic rings. The molecule has 0 radical (unpaired) electrons. The Bertz CT molecular complexity index is 705. The van der Waals surface area contributed by atoms with Crippen molar-refractivity contribution in [2.45, 2.75) is 58.7 Å². The fourth-order valence-electron chi connectivity index (χ4n) is 2.85. The summed E-state index contributed by atoms with van der Waals surface area (Å²) in [5, 5.41) is 4.53. The number of pyridine rings is 1. The summed E-state index contributed by atoms with van der Waals surface area (Å²) in [6.07, 6.45) is 0. The summed E-state index contributed by atoms with van der Waals surface area (Å²) in [6, 6.07) is 3.94. The van der Waals surface area contributed by atoms with Crippen molar-refractivity contribution in [3.05, 3.63) is 17.8 Å². The van der Waals surface area contributed by atoms with Crippen LogP contribution in [-0.2, 0) is 16.4 Å². The molecule has 0 aliphatic carbocycles. The highest BCUT2D eigenvalue weighted by molar-refractivity contribution is 6.61. The summed E-state index contributed by atoms with van der Waals surface area (Å²) >= 11 is 0. The van der Waals surface area contributed by atoms with Gasteiger partial charge in [0.2, 0.25) is 0 Å². The molecule has 0 amide bonds. The maximum absolute atomic E-state index is 6.09. The van der Waals surface area contributed by atoms with E-state index in [-0.39, 0.29) is 11.2 Å². The molecular formula is C16H24BN3O2. The summed E-state index contributed by atoms with van der Waals surface area (Å²) < 4.78 is 14.1. The standard InChI is InChI=1S/C16H24BN3O2/c1-10(2)14-13-11(19-20(14)7)8-9-12(18-13)17-21-15(3,4)16(5,6)22-17/h8-10H,1-7H3. The lowest BCUT2D eigenvalue weighted by Crippen LogP contribution is -2.41. The fourth-order valence-corrected chi connectivity index (χ4v) is 2.85. The van der Waals surface area contributed by atoms with Gasteiger partial charge >= 0.3 is 7.12 Å². The number of nitrogens with zero attached hydrogens (tertiary/aromatic N) is 3. The Morgan fingerprint density at radius 1 is 1.09 bits per heavy atom. The number of hydrogen-bond acceptors (Lipinski definition) is 4. The van der Waals surface area contributed by atoms with Crippen LogP contribution in [0.15, 0.2) is 12.1 Å². The molecule has 1 fully saturated rings. The van der Waals surface area contributed by atoms with Gasteiger partial charge in [0, 0.05) is 7.05 Å². The van der Waals surface area contributed by atoms with E-state index in [2.05, 4.69) is 46.6 Å². The van der Waals surface area contributed by atoms with E-state index >= 15 is 0 Å². The molecule has 2 aromatic rings. The monoisotopic (exact) mass is 301 g/mol. The van der Waals surface area contributed by atoms with Crippen LogP contribution in [0, 0.1) is 0 Å². The highest BCUT2D eigenvalue weighted by atomic mass is 16.7. The van der Waals surface area contributed by atoms with E-state index < -0.39 is 7.12 Å². The third-order valence-electron chi connectivity index (χ3n) is 4.79. The molecule has 6 heteroatoms. The Labute approximate surface area is 132 Å². The van der Waals surface area contributed by atoms with Gasteiger partial charge in [-0.3, -0.25) is 9.67 Å². The van der Waals surface area contributed by atoms with Crippen LogP contribution >= 0.6 is 0 Å². The minimum atomic E-state index is -0.436. The first-order valence-electron chi connectivity index (χ1n) is 7.81. The molecule has 0 bridgehead atoms. The Kier molecular flexibility index (Phi) is 3.38. The van der Waals surface area contributed by atoms with E-state index in [1.165, 1.54) is 0 Å². The molecule has 22 heavy (non-hydrogen) atoms. The van der Waals surface area contributed by atoms with Crippen molar-refractivity contribution in [2.75, 3.05) is 0 Å². The molecule has 2 aromatic heterocycles. The number of fused-ring (bicyclic) bond motifs is 1. The van der Waals surface area contributed by atoms with E-state index in [1.807, 2.05) is 23.9 Å². The first-order valence-corrected chi connectivity index (χ1v) is 7.81. The Balaban J connectivity index is 2.05. The third-order valence-corrected chi connectivity index (χ3v) is 4.79. The van der Waals surface area contributed by atoms with Crippen LogP contribution in [0.3, 0.4) is 0 Å². The number of aromatic nitrogens is 3. The number of aryl methyl sites for hydroxylation is 1. The van der Waals surface area contributed by atoms with Gasteiger partial charge in [-0.2, -0.15) is 5.10 Å². The quantitative estimate of drug-likeness (QED) is 0.799. The zero-order valence-corrected chi connectivity index (χ0v) is 14.5. The molecule has 0 unspecified atom stereocenters. The Morgan fingerprint density at radius 3 is 2.23 bits per heavy atom. The maximum atomic E-state index is 6.09. The molecule has 118 valence electrons. The van der Waals surface area contributed by atoms with Gasteiger partial charge in [0.25, 0.3) is 0 Å². The van der Waals surface area contributed by atoms with Crippen LogP contribution < -0.4 is 5.59 Å². The van der Waals surface area contributed by atoms with E-state index in [4.69, 9.17) is 14.3 Å². The molecule has 0 aromatic carbocycles. The van der Waals surface area contributed by atoms with Crippen molar-refractivity contribution in [2.24, 2.45) is 7.05 Å². The predicted molar refractivity (Wildman–Crippen MR) is 88.3 cm³/mol. The molecule has 3 rings (SSSR count). The molecular weight excluding hydrogens is 277 g/mol. The minimum Gasteiger partial charge on any atom is -0.398 e. The van der Waals surface area contributed by atoms with Crippen LogP contribution in [0.2, 0.25) is 0 Å². The number of hydrogen-bond donors (Lipinski definition) is 0. The SMILES string of the molecule is CC(C)c1c2nc(B3OC(C)(C)C(C)(C)O3)ccc2nn1C. The van der Waals surface area contributed by atoms with Gasteiger partial charge in [-0.1, -0.05) is 13.8 Å². The van der Waals surface area contributed by atoms with E-state index in [0.717, 1.165) is 22.3 Å². The first-order chi connectivity index (χ1) is 10.1. The Hall–Kier alpha value is -1.40. The van der Waals surface area contributed by atoms with Gasteiger partial charge in [-0.15, -0.1) is 0 Å². The molecule has 0 spiro atoms. The summed E-state index contributed by atoms with van der Waals surface area (Å²) in [5.74, 6) is 0.357. The van der Waals surface area contributed by atoms with Gasteiger partial charge < -0.3 is 9.31 Å². The van der Waals surface area contributed by atoms with Crippen LogP contribution in [0.4, 0.5) is 0 Å². The smallest absolute Gasteiger partial charge is 0.398 e. The second-order valence-electron chi connectivity index (χ2n) is 7.36. The summed E-state index contributed by atoms with van der Waals surface area (Å²) in [7, 11) is 1.53. The van der Waals surface area contributed by atoms with E-state index in [1.54, 1.807) is 0 Å². The van der Waals surface area contributed by atoms with E-state index in [9.17, 15) is 0 Å². The van der Waals surface area contributed by atoms with Crippen LogP contribution in [0.5, 0.6) is 0 Å². The predicted octanol–water partition coefficient (Wildman–Crippen LogP) is 2.39. The normalized spacial score (nSPS) is 20.3. The Morgan fingerprint density at radius 2 is 1.68 bits per heavy atom. The van der Waals surface area contributed by atoms with Gasteiger partial charge in [0.05, 0.1) is 22.5 Å². The maximum Gasteiger partial charge on any atom is 0.514 e. The van der Waals surface area contributed by atoms with Crippen molar-refractivity contribution in [3.8, 4) is 0 Å². The lowest BCUT2D eigenvalue weighted by Gasteiger charge is -2.32. The third kappa shape index (κ3) is 2.25. The van der Waals surface area contributed by atoms with Crippen molar-refractivity contribution < 1.29 is 9.31 Å². The summed E-state index contributed by atoms with van der Waals surface area (Å²) in [5.41, 5.74) is 3.07. The fraction of sp³-hybridized carbons (Fsp3) is 0.625. The zero-order valence-electron chi connectivity index (χ0n) is 14.5. The lowest BCUT2D eigenvalue weighted by molar-refractivity contribution is 0.00578. The first kappa shape index (κ1) is 15.5. The van der Waals surface area contributed by atoms with Gasteiger partial charge in [0.15, 0.2) is 0 Å². The van der Waals surface area contributed by atoms with E-state index in [0.29, 0.717) is 5.92 Å². The van der Waals surface area contributed by atoms with Crippen molar-refractivity contribution in [1.29, 1.82) is 0 Å². The zero-order chi connectivity index (χ0) is 16.3. The highest BCUT2D eigenvalue weighted by Crippen LogP contribution is 2.36. The van der Waals surface area contributed by atoms with Crippen molar-refractivity contribution >= 4 is 23.7 Å². The molecule has 1 aliphatic heterocycles. The molecule has 0 N–H and O–H groups in total. The number of rotatable bonds is 2. The van der Waals surface area contributed by atoms with Crippen molar-refractivity contribution in [3.63, 3.8) is 0 Å². The van der Waals surface area contributed by atoms with Gasteiger partial charge in [0.1, 0.15) is 11.0 Å². The molecule has 5 nitrogen and oxygen atoms in total. The van der Waals surface area contributed by atoms with Gasteiger partial charge in [-0.05, 0) is 45.7 Å². The molecule has 0 saturated carbocycles. The summed E-state index contributed by atoms with van der Waals surface area (Å²) in [4.78, 5) is 4.80. The molecule has 0 atom stereocenters. The van der Waals surface area contributed by atoms with Crippen molar-refractivity contribution in [1.82, 2.24) is 14.8 Å². The highest BCUT2D eigenvalue weighted by Gasteiger charge is 2.52.